The van der Waals surface area contributed by atoms with Gasteiger partial charge in [-0.3, -0.25) is 9.20 Å². The molecule has 0 aliphatic heterocycles. The molecule has 1 amide bonds. The number of methoxy groups -OCH3 is 1. The zero-order valence-electron chi connectivity index (χ0n) is 16.7. The number of ether oxygens (including phenoxy) is 1. The fourth-order valence-corrected chi connectivity index (χ4v) is 4.29. The summed E-state index contributed by atoms with van der Waals surface area (Å²) in [5.41, 5.74) is 2.82. The van der Waals surface area contributed by atoms with Crippen molar-refractivity contribution in [3.8, 4) is 5.75 Å². The van der Waals surface area contributed by atoms with Crippen molar-refractivity contribution in [3.63, 3.8) is 0 Å². The highest BCUT2D eigenvalue weighted by Crippen LogP contribution is 2.28. The maximum atomic E-state index is 12.7. The number of aromatic nitrogens is 3. The molecule has 0 bridgehead atoms. The maximum absolute atomic E-state index is 12.7. The number of hydrogen-bond donors (Lipinski definition) is 0. The average Bonchev–Trinajstić information content (AvgIpc) is 3.04. The molecule has 144 valence electrons. The Labute approximate surface area is 163 Å². The minimum atomic E-state index is 0.108. The minimum absolute atomic E-state index is 0.108. The first kappa shape index (κ1) is 19.5. The van der Waals surface area contributed by atoms with Gasteiger partial charge in [0.1, 0.15) is 5.75 Å². The molecule has 3 rings (SSSR count). The summed E-state index contributed by atoms with van der Waals surface area (Å²) in [5.74, 6) is 1.21. The van der Waals surface area contributed by atoms with Crippen LogP contribution in [0.2, 0.25) is 0 Å². The summed E-state index contributed by atoms with van der Waals surface area (Å²) >= 11 is 1.42. The summed E-state index contributed by atoms with van der Waals surface area (Å²) in [6.07, 6.45) is 0. The van der Waals surface area contributed by atoms with Gasteiger partial charge in [0.25, 0.3) is 0 Å². The Morgan fingerprint density at radius 2 is 1.89 bits per heavy atom. The van der Waals surface area contributed by atoms with Gasteiger partial charge < -0.3 is 9.64 Å². The maximum Gasteiger partial charge on any atom is 0.233 e. The molecule has 0 saturated carbocycles. The van der Waals surface area contributed by atoms with Gasteiger partial charge in [0.15, 0.2) is 10.8 Å². The first-order valence-electron chi connectivity index (χ1n) is 9.10. The summed E-state index contributed by atoms with van der Waals surface area (Å²) < 4.78 is 7.39. The number of nitrogens with zero attached hydrogens (tertiary/aromatic N) is 4. The number of aryl methyl sites for hydroxylation is 1. The molecule has 0 aliphatic carbocycles. The number of fused-ring (bicyclic) bond motifs is 3. The lowest BCUT2D eigenvalue weighted by molar-refractivity contribution is -0.131. The average molecular weight is 387 g/mol. The van der Waals surface area contributed by atoms with E-state index in [9.17, 15) is 4.79 Å². The van der Waals surface area contributed by atoms with E-state index in [1.807, 2.05) is 62.1 Å². The largest absolute Gasteiger partial charge is 0.497 e. The number of carbonyl (C=O) groups excluding carboxylic acids is 1. The van der Waals surface area contributed by atoms with Crippen LogP contribution in [0, 0.1) is 6.92 Å². The molecule has 0 radical (unpaired) electrons. The number of thioether (sulfide) groups is 1. The van der Waals surface area contributed by atoms with Crippen molar-refractivity contribution in [2.45, 2.75) is 51.9 Å². The van der Waals surface area contributed by atoms with Gasteiger partial charge in [-0.05, 0) is 63.8 Å². The first-order chi connectivity index (χ1) is 12.8. The van der Waals surface area contributed by atoms with Crippen LogP contribution in [0.3, 0.4) is 0 Å². The highest BCUT2D eigenvalue weighted by atomic mass is 32.2. The summed E-state index contributed by atoms with van der Waals surface area (Å²) in [6.45, 7) is 10.2. The second kappa shape index (κ2) is 7.76. The lowest BCUT2D eigenvalue weighted by atomic mass is 10.1. The summed E-state index contributed by atoms with van der Waals surface area (Å²) in [7, 11) is 1.65. The van der Waals surface area contributed by atoms with Crippen molar-refractivity contribution in [1.82, 2.24) is 19.5 Å². The van der Waals surface area contributed by atoms with Gasteiger partial charge in [-0.15, -0.1) is 10.2 Å². The minimum Gasteiger partial charge on any atom is -0.497 e. The lowest BCUT2D eigenvalue weighted by Crippen LogP contribution is -2.43. The normalized spacial score (nSPS) is 11.7. The fraction of sp³-hybridized carbons (Fsp3) is 0.450. The van der Waals surface area contributed by atoms with Gasteiger partial charge in [-0.2, -0.15) is 0 Å². The third-order valence-electron chi connectivity index (χ3n) is 4.56. The Balaban J connectivity index is 1.99. The van der Waals surface area contributed by atoms with Crippen molar-refractivity contribution in [3.05, 3.63) is 29.8 Å². The predicted octanol–water partition coefficient (Wildman–Crippen LogP) is 3.94. The molecular weight excluding hydrogens is 360 g/mol. The molecule has 0 aliphatic rings. The Bertz CT molecular complexity index is 973. The fourth-order valence-electron chi connectivity index (χ4n) is 3.47. The summed E-state index contributed by atoms with van der Waals surface area (Å²) in [4.78, 5) is 14.6. The zero-order valence-corrected chi connectivity index (χ0v) is 17.5. The molecule has 27 heavy (non-hydrogen) atoms. The van der Waals surface area contributed by atoms with Gasteiger partial charge in [0.2, 0.25) is 5.91 Å². The number of carbonyl (C=O) groups is 1. The van der Waals surface area contributed by atoms with E-state index in [4.69, 9.17) is 4.74 Å². The van der Waals surface area contributed by atoms with Gasteiger partial charge in [-0.1, -0.05) is 11.8 Å². The van der Waals surface area contributed by atoms with Crippen LogP contribution in [0.1, 0.15) is 33.3 Å². The third-order valence-corrected chi connectivity index (χ3v) is 5.48. The van der Waals surface area contributed by atoms with Crippen molar-refractivity contribution in [2.24, 2.45) is 0 Å². The number of amides is 1. The number of pyridine rings is 1. The zero-order chi connectivity index (χ0) is 19.7. The van der Waals surface area contributed by atoms with Crippen LogP contribution >= 0.6 is 11.8 Å². The molecule has 0 spiro atoms. The SMILES string of the molecule is COc1ccc2cc(C)c3nnc(SCC(=O)N(C(C)C)C(C)C)n3c2c1. The molecule has 0 unspecified atom stereocenters. The van der Waals surface area contributed by atoms with E-state index >= 15 is 0 Å². The summed E-state index contributed by atoms with van der Waals surface area (Å²) in [5, 5.41) is 10.5. The number of benzene rings is 1. The Kier molecular flexibility index (Phi) is 5.60. The van der Waals surface area contributed by atoms with Crippen LogP contribution in [-0.4, -0.2) is 50.4 Å². The second-order valence-electron chi connectivity index (χ2n) is 7.17. The van der Waals surface area contributed by atoms with Crippen molar-refractivity contribution < 1.29 is 9.53 Å². The molecule has 0 fully saturated rings. The van der Waals surface area contributed by atoms with Crippen molar-refractivity contribution in [2.75, 3.05) is 12.9 Å². The molecule has 2 aromatic heterocycles. The topological polar surface area (TPSA) is 59.7 Å². The van der Waals surface area contributed by atoms with E-state index in [-0.39, 0.29) is 18.0 Å². The van der Waals surface area contributed by atoms with Crippen LogP contribution in [0.5, 0.6) is 5.75 Å². The van der Waals surface area contributed by atoms with E-state index < -0.39 is 0 Å². The van der Waals surface area contributed by atoms with E-state index in [0.717, 1.165) is 27.9 Å². The van der Waals surface area contributed by atoms with E-state index in [0.29, 0.717) is 10.9 Å². The van der Waals surface area contributed by atoms with Gasteiger partial charge in [0, 0.05) is 18.2 Å². The first-order valence-corrected chi connectivity index (χ1v) is 10.1. The number of rotatable bonds is 6. The Morgan fingerprint density at radius 1 is 1.19 bits per heavy atom. The molecule has 0 saturated heterocycles. The van der Waals surface area contributed by atoms with Gasteiger partial charge in [-0.25, -0.2) is 0 Å². The van der Waals surface area contributed by atoms with Crippen molar-refractivity contribution >= 4 is 34.2 Å². The quantitative estimate of drug-likeness (QED) is 0.601. The third kappa shape index (κ3) is 3.74. The van der Waals surface area contributed by atoms with Crippen molar-refractivity contribution in [1.29, 1.82) is 0 Å². The summed E-state index contributed by atoms with van der Waals surface area (Å²) in [6, 6.07) is 8.38. The lowest BCUT2D eigenvalue weighted by Gasteiger charge is -2.30. The second-order valence-corrected chi connectivity index (χ2v) is 8.11. The highest BCUT2D eigenvalue weighted by molar-refractivity contribution is 7.99. The Morgan fingerprint density at radius 3 is 2.52 bits per heavy atom. The van der Waals surface area contributed by atoms with Crippen LogP contribution < -0.4 is 4.74 Å². The van der Waals surface area contributed by atoms with Gasteiger partial charge >= 0.3 is 0 Å². The van der Waals surface area contributed by atoms with Crippen LogP contribution in [0.25, 0.3) is 16.6 Å². The van der Waals surface area contributed by atoms with Crippen LogP contribution in [0.4, 0.5) is 0 Å². The molecule has 3 aromatic rings. The molecule has 6 nitrogen and oxygen atoms in total. The molecule has 2 heterocycles. The van der Waals surface area contributed by atoms with Crippen LogP contribution in [-0.2, 0) is 4.79 Å². The molecule has 7 heteroatoms. The molecule has 1 aromatic carbocycles. The Hall–Kier alpha value is -2.28. The standard InChI is InChI=1S/C20H26N4O2S/c1-12(2)23(13(3)4)18(25)11-27-20-22-21-19-14(5)9-15-7-8-16(26-6)10-17(15)24(19)20/h7-10,12-13H,11H2,1-6H3. The number of hydrogen-bond acceptors (Lipinski definition) is 5. The van der Waals surface area contributed by atoms with Crippen LogP contribution in [0.15, 0.2) is 29.4 Å². The monoisotopic (exact) mass is 386 g/mol. The van der Waals surface area contributed by atoms with Gasteiger partial charge in [0.05, 0.1) is 18.4 Å². The highest BCUT2D eigenvalue weighted by Gasteiger charge is 2.21. The smallest absolute Gasteiger partial charge is 0.233 e. The molecular formula is C20H26N4O2S. The van der Waals surface area contributed by atoms with E-state index in [1.54, 1.807) is 7.11 Å². The molecule has 0 N–H and O–H groups in total. The molecule has 0 atom stereocenters. The predicted molar refractivity (Wildman–Crippen MR) is 110 cm³/mol. The van der Waals surface area contributed by atoms with E-state index in [1.165, 1.54) is 11.8 Å². The van der Waals surface area contributed by atoms with E-state index in [2.05, 4.69) is 16.3 Å².